The Kier molecular flexibility index (Phi) is 5.99. The first-order chi connectivity index (χ1) is 12.6. The quantitative estimate of drug-likeness (QED) is 0.666. The summed E-state index contributed by atoms with van der Waals surface area (Å²) in [5, 5.41) is 19.0. The van der Waals surface area contributed by atoms with E-state index in [1.54, 1.807) is 6.20 Å². The van der Waals surface area contributed by atoms with Crippen LogP contribution in [0.1, 0.15) is 24.1 Å². The molecule has 6 heteroatoms. The Labute approximate surface area is 153 Å². The van der Waals surface area contributed by atoms with Crippen molar-refractivity contribution in [3.05, 3.63) is 59.9 Å². The van der Waals surface area contributed by atoms with Crippen molar-refractivity contribution >= 4 is 23.9 Å². The number of carbonyl (C=O) groups excluding carboxylic acids is 1. The largest absolute Gasteiger partial charge is 0.387 e. The molecule has 1 atom stereocenters. The van der Waals surface area contributed by atoms with Crippen LogP contribution in [0.5, 0.6) is 0 Å². The van der Waals surface area contributed by atoms with Crippen molar-refractivity contribution in [1.29, 1.82) is 0 Å². The van der Waals surface area contributed by atoms with Crippen LogP contribution in [0.3, 0.4) is 0 Å². The van der Waals surface area contributed by atoms with Crippen LogP contribution in [0.25, 0.3) is 12.2 Å². The highest BCUT2D eigenvalue weighted by molar-refractivity contribution is 5.89. The van der Waals surface area contributed by atoms with E-state index in [2.05, 4.69) is 20.9 Å². The van der Waals surface area contributed by atoms with E-state index in [4.69, 9.17) is 0 Å². The van der Waals surface area contributed by atoms with Gasteiger partial charge in [-0.05, 0) is 55.3 Å². The Morgan fingerprint density at radius 1 is 1.23 bits per heavy atom. The topological polar surface area (TPSA) is 86.3 Å². The van der Waals surface area contributed by atoms with E-state index in [0.717, 1.165) is 24.2 Å². The number of carbonyl (C=O) groups is 1. The minimum absolute atomic E-state index is 0.233. The zero-order valence-corrected chi connectivity index (χ0v) is 14.6. The molecule has 0 spiro atoms. The van der Waals surface area contributed by atoms with Gasteiger partial charge in [-0.1, -0.05) is 24.3 Å². The summed E-state index contributed by atoms with van der Waals surface area (Å²) in [5.74, 6) is 0. The van der Waals surface area contributed by atoms with Crippen LogP contribution in [0.2, 0.25) is 0 Å². The van der Waals surface area contributed by atoms with Gasteiger partial charge in [-0.15, -0.1) is 0 Å². The third kappa shape index (κ3) is 5.40. The molecule has 1 fully saturated rings. The molecule has 0 aliphatic carbocycles. The molecule has 1 aliphatic heterocycles. The van der Waals surface area contributed by atoms with Crippen molar-refractivity contribution in [2.24, 2.45) is 0 Å². The molecule has 136 valence electrons. The second-order valence-electron chi connectivity index (χ2n) is 6.52. The van der Waals surface area contributed by atoms with Crippen molar-refractivity contribution in [2.45, 2.75) is 18.4 Å². The lowest BCUT2D eigenvalue weighted by molar-refractivity contribution is 0.0198. The molecule has 3 rings (SSSR count). The maximum Gasteiger partial charge on any atom is 0.319 e. The number of anilines is 1. The number of amides is 2. The molecule has 2 aromatic rings. The van der Waals surface area contributed by atoms with Gasteiger partial charge in [0.2, 0.25) is 0 Å². The van der Waals surface area contributed by atoms with Crippen LogP contribution < -0.4 is 16.0 Å². The van der Waals surface area contributed by atoms with Crippen molar-refractivity contribution in [2.75, 3.05) is 25.0 Å². The maximum absolute atomic E-state index is 12.0. The molecule has 2 amide bonds. The van der Waals surface area contributed by atoms with E-state index in [0.29, 0.717) is 18.7 Å². The number of benzene rings is 1. The van der Waals surface area contributed by atoms with Crippen LogP contribution in [0.4, 0.5) is 10.5 Å². The molecule has 4 N–H and O–H groups in total. The van der Waals surface area contributed by atoms with E-state index in [-0.39, 0.29) is 12.6 Å². The van der Waals surface area contributed by atoms with Crippen LogP contribution >= 0.6 is 0 Å². The number of rotatable bonds is 5. The van der Waals surface area contributed by atoms with Gasteiger partial charge in [-0.2, -0.15) is 0 Å². The lowest BCUT2D eigenvalue weighted by Crippen LogP contribution is -2.53. The smallest absolute Gasteiger partial charge is 0.319 e. The lowest BCUT2D eigenvalue weighted by Gasteiger charge is -2.32. The van der Waals surface area contributed by atoms with E-state index in [9.17, 15) is 9.90 Å². The second-order valence-corrected chi connectivity index (χ2v) is 6.52. The van der Waals surface area contributed by atoms with Gasteiger partial charge in [0.05, 0.1) is 11.3 Å². The number of aliphatic hydroxyl groups is 1. The average Bonchev–Trinajstić information content (AvgIpc) is 2.67. The summed E-state index contributed by atoms with van der Waals surface area (Å²) in [5.41, 5.74) is 1.75. The third-order valence-corrected chi connectivity index (χ3v) is 4.33. The predicted molar refractivity (Wildman–Crippen MR) is 104 cm³/mol. The van der Waals surface area contributed by atoms with Crippen LogP contribution in [0.15, 0.2) is 48.7 Å². The van der Waals surface area contributed by atoms with Crippen LogP contribution in [0, 0.1) is 0 Å². The second kappa shape index (κ2) is 8.60. The normalized spacial score (nSPS) is 20.0. The number of urea groups is 1. The summed E-state index contributed by atoms with van der Waals surface area (Å²) in [7, 11) is 0. The van der Waals surface area contributed by atoms with Gasteiger partial charge >= 0.3 is 6.03 Å². The third-order valence-electron chi connectivity index (χ3n) is 4.33. The number of aromatic nitrogens is 1. The number of β-amino-alcohol motifs (C(OH)–C–C–N with tert-alkyl or cyclic N) is 1. The average molecular weight is 352 g/mol. The lowest BCUT2D eigenvalue weighted by atomic mass is 9.94. The molecular formula is C20H24N4O2. The summed E-state index contributed by atoms with van der Waals surface area (Å²) >= 11 is 0. The molecule has 1 saturated heterocycles. The molecular weight excluding hydrogens is 328 g/mol. The fraction of sp³-hybridized carbons (Fsp3) is 0.300. The Balaban J connectivity index is 1.49. The minimum atomic E-state index is -0.865. The van der Waals surface area contributed by atoms with Crippen molar-refractivity contribution < 1.29 is 9.90 Å². The summed E-state index contributed by atoms with van der Waals surface area (Å²) < 4.78 is 0. The van der Waals surface area contributed by atoms with Gasteiger partial charge in [-0.3, -0.25) is 4.98 Å². The fourth-order valence-corrected chi connectivity index (χ4v) is 2.86. The minimum Gasteiger partial charge on any atom is -0.387 e. The van der Waals surface area contributed by atoms with Crippen molar-refractivity contribution in [1.82, 2.24) is 15.6 Å². The van der Waals surface area contributed by atoms with Crippen LogP contribution in [-0.4, -0.2) is 41.4 Å². The zero-order chi connectivity index (χ0) is 18.2. The molecule has 1 aliphatic rings. The molecule has 6 nitrogen and oxygen atoms in total. The molecule has 26 heavy (non-hydrogen) atoms. The first-order valence-electron chi connectivity index (χ1n) is 8.80. The molecule has 0 radical (unpaired) electrons. The van der Waals surface area contributed by atoms with Gasteiger partial charge in [0, 0.05) is 25.0 Å². The number of pyridine rings is 1. The van der Waals surface area contributed by atoms with E-state index in [1.165, 1.54) is 0 Å². The number of hydrogen-bond acceptors (Lipinski definition) is 4. The predicted octanol–water partition coefficient (Wildman–Crippen LogP) is 2.49. The van der Waals surface area contributed by atoms with Crippen LogP contribution in [-0.2, 0) is 0 Å². The molecule has 1 aromatic carbocycles. The Morgan fingerprint density at radius 3 is 2.77 bits per heavy atom. The van der Waals surface area contributed by atoms with Gasteiger partial charge < -0.3 is 21.1 Å². The highest BCUT2D eigenvalue weighted by Gasteiger charge is 2.29. The molecule has 1 aromatic heterocycles. The maximum atomic E-state index is 12.0. The fourth-order valence-electron chi connectivity index (χ4n) is 2.86. The molecule has 2 heterocycles. The van der Waals surface area contributed by atoms with Gasteiger partial charge in [0.15, 0.2) is 0 Å². The highest BCUT2D eigenvalue weighted by Crippen LogP contribution is 2.15. The molecule has 0 bridgehead atoms. The SMILES string of the molecule is O=C(NCC1(O)CCCNC1)Nc1ccc(C=Cc2ccccn2)cc1. The van der Waals surface area contributed by atoms with Crippen molar-refractivity contribution in [3.63, 3.8) is 0 Å². The standard InChI is InChI=1S/C20H24N4O2/c25-19(23-15-20(26)11-3-12-21-14-20)24-18-9-6-16(7-10-18)5-8-17-4-1-2-13-22-17/h1-2,4-10,13,21,26H,3,11-12,14-15H2,(H2,23,24,25). The monoisotopic (exact) mass is 352 g/mol. The van der Waals surface area contributed by atoms with Gasteiger partial charge in [0.25, 0.3) is 0 Å². The number of nitrogens with zero attached hydrogens (tertiary/aromatic N) is 1. The summed E-state index contributed by atoms with van der Waals surface area (Å²) in [6, 6.07) is 13.0. The Morgan fingerprint density at radius 2 is 2.08 bits per heavy atom. The summed E-state index contributed by atoms with van der Waals surface area (Å²) in [6.45, 7) is 1.65. The summed E-state index contributed by atoms with van der Waals surface area (Å²) in [6.07, 6.45) is 7.27. The Hall–Kier alpha value is -2.70. The van der Waals surface area contributed by atoms with E-state index in [1.807, 2.05) is 54.6 Å². The van der Waals surface area contributed by atoms with E-state index < -0.39 is 5.60 Å². The first kappa shape index (κ1) is 18.1. The summed E-state index contributed by atoms with van der Waals surface area (Å²) in [4.78, 5) is 16.3. The van der Waals surface area contributed by atoms with Crippen molar-refractivity contribution in [3.8, 4) is 0 Å². The number of nitrogens with one attached hydrogen (secondary N) is 3. The Bertz CT molecular complexity index is 738. The molecule has 1 unspecified atom stereocenters. The number of piperidine rings is 1. The van der Waals surface area contributed by atoms with E-state index >= 15 is 0 Å². The first-order valence-corrected chi connectivity index (χ1v) is 8.80. The van der Waals surface area contributed by atoms with Gasteiger partial charge in [0.1, 0.15) is 0 Å². The molecule has 0 saturated carbocycles. The highest BCUT2D eigenvalue weighted by atomic mass is 16.3. The van der Waals surface area contributed by atoms with Gasteiger partial charge in [-0.25, -0.2) is 4.79 Å². The zero-order valence-electron chi connectivity index (χ0n) is 14.6. The number of hydrogen-bond donors (Lipinski definition) is 4.